The first kappa shape index (κ1) is 18.2. The summed E-state index contributed by atoms with van der Waals surface area (Å²) in [5.74, 6) is 1.50. The van der Waals surface area contributed by atoms with Gasteiger partial charge in [-0.15, -0.1) is 0 Å². The van der Waals surface area contributed by atoms with Crippen molar-refractivity contribution in [3.05, 3.63) is 17.6 Å². The lowest BCUT2D eigenvalue weighted by atomic mass is 10.2. The van der Waals surface area contributed by atoms with Gasteiger partial charge in [0.05, 0.1) is 6.54 Å². The molecule has 0 amide bonds. The van der Waals surface area contributed by atoms with Gasteiger partial charge < -0.3 is 14.5 Å². The molecule has 1 heterocycles. The highest BCUT2D eigenvalue weighted by molar-refractivity contribution is 7.89. The first-order valence-electron chi connectivity index (χ1n) is 7.18. The molecule has 0 aliphatic rings. The number of aryl methyl sites for hydroxylation is 1. The van der Waals surface area contributed by atoms with Gasteiger partial charge in [-0.1, -0.05) is 13.8 Å². The molecule has 0 aliphatic heterocycles. The van der Waals surface area contributed by atoms with Crippen LogP contribution in [0.5, 0.6) is 0 Å². The predicted octanol–water partition coefficient (Wildman–Crippen LogP) is 1.65. The van der Waals surface area contributed by atoms with Gasteiger partial charge in [-0.3, -0.25) is 0 Å². The zero-order chi connectivity index (χ0) is 15.9. The third kappa shape index (κ3) is 6.17. The van der Waals surface area contributed by atoms with E-state index in [4.69, 9.17) is 9.15 Å². The average molecular weight is 318 g/mol. The Bertz CT molecular complexity index is 523. The van der Waals surface area contributed by atoms with Crippen molar-refractivity contribution in [3.63, 3.8) is 0 Å². The second-order valence-corrected chi connectivity index (χ2v) is 7.12. The van der Waals surface area contributed by atoms with Crippen LogP contribution in [0.1, 0.15) is 31.8 Å². The van der Waals surface area contributed by atoms with Gasteiger partial charge in [-0.25, -0.2) is 13.1 Å². The normalized spacial score (nSPS) is 12.2. The molecule has 122 valence electrons. The molecule has 1 rings (SSSR count). The molecule has 6 nitrogen and oxygen atoms in total. The molecule has 0 fully saturated rings. The van der Waals surface area contributed by atoms with Crippen molar-refractivity contribution >= 4 is 10.0 Å². The van der Waals surface area contributed by atoms with E-state index in [2.05, 4.69) is 23.9 Å². The number of furan rings is 1. The summed E-state index contributed by atoms with van der Waals surface area (Å²) >= 11 is 0. The Labute approximate surface area is 127 Å². The standard InChI is InChI=1S/C14H26N2O4S/c1-11(2)10-19-7-5-6-16-21(17,18)14-8-13(9-15-4)20-12(14)3/h8,11,15-16H,5-7,9-10H2,1-4H3. The van der Waals surface area contributed by atoms with Gasteiger partial charge in [0.15, 0.2) is 0 Å². The summed E-state index contributed by atoms with van der Waals surface area (Å²) in [7, 11) is -1.74. The minimum absolute atomic E-state index is 0.204. The van der Waals surface area contributed by atoms with Crippen LogP contribution in [0.25, 0.3) is 0 Å². The molecule has 0 spiro atoms. The second kappa shape index (κ2) is 8.53. The summed E-state index contributed by atoms with van der Waals surface area (Å²) in [6.45, 7) is 7.91. The van der Waals surface area contributed by atoms with Crippen LogP contribution in [-0.2, 0) is 21.3 Å². The second-order valence-electron chi connectivity index (χ2n) is 5.38. The van der Waals surface area contributed by atoms with Crippen LogP contribution in [0.2, 0.25) is 0 Å². The Morgan fingerprint density at radius 2 is 2.10 bits per heavy atom. The SMILES string of the molecule is CNCc1cc(S(=O)(=O)NCCCOCC(C)C)c(C)o1. The number of ether oxygens (including phenoxy) is 1. The smallest absolute Gasteiger partial charge is 0.244 e. The predicted molar refractivity (Wildman–Crippen MR) is 81.7 cm³/mol. The highest BCUT2D eigenvalue weighted by Crippen LogP contribution is 2.19. The van der Waals surface area contributed by atoms with Crippen molar-refractivity contribution in [1.82, 2.24) is 10.0 Å². The Morgan fingerprint density at radius 1 is 1.38 bits per heavy atom. The van der Waals surface area contributed by atoms with Gasteiger partial charge in [0.2, 0.25) is 10.0 Å². The molecular formula is C14H26N2O4S. The number of hydrogen-bond acceptors (Lipinski definition) is 5. The molecular weight excluding hydrogens is 292 g/mol. The molecule has 21 heavy (non-hydrogen) atoms. The van der Waals surface area contributed by atoms with E-state index in [0.717, 1.165) is 0 Å². The fraction of sp³-hybridized carbons (Fsp3) is 0.714. The minimum Gasteiger partial charge on any atom is -0.464 e. The number of rotatable bonds is 10. The van der Waals surface area contributed by atoms with Gasteiger partial charge in [-0.05, 0) is 26.3 Å². The highest BCUT2D eigenvalue weighted by Gasteiger charge is 2.20. The van der Waals surface area contributed by atoms with Crippen LogP contribution >= 0.6 is 0 Å². The van der Waals surface area contributed by atoms with Gasteiger partial charge in [0.1, 0.15) is 16.4 Å². The van der Waals surface area contributed by atoms with Crippen molar-refractivity contribution in [1.29, 1.82) is 0 Å². The van der Waals surface area contributed by atoms with E-state index in [1.165, 1.54) is 0 Å². The molecule has 0 aliphatic carbocycles. The lowest BCUT2D eigenvalue weighted by molar-refractivity contribution is 0.108. The fourth-order valence-electron chi connectivity index (χ4n) is 1.83. The van der Waals surface area contributed by atoms with Crippen LogP contribution in [0.3, 0.4) is 0 Å². The molecule has 0 bridgehead atoms. The molecule has 2 N–H and O–H groups in total. The Balaban J connectivity index is 2.46. The first-order valence-corrected chi connectivity index (χ1v) is 8.66. The van der Waals surface area contributed by atoms with E-state index in [9.17, 15) is 8.42 Å². The van der Waals surface area contributed by atoms with Crippen LogP contribution in [-0.4, -0.2) is 35.2 Å². The maximum Gasteiger partial charge on any atom is 0.244 e. The zero-order valence-corrected chi connectivity index (χ0v) is 14.0. The summed E-state index contributed by atoms with van der Waals surface area (Å²) in [5.41, 5.74) is 0. The number of hydrogen-bond donors (Lipinski definition) is 2. The van der Waals surface area contributed by atoms with Crippen molar-refractivity contribution in [2.75, 3.05) is 26.8 Å². The van der Waals surface area contributed by atoms with Gasteiger partial charge in [0, 0.05) is 25.8 Å². The largest absolute Gasteiger partial charge is 0.464 e. The van der Waals surface area contributed by atoms with E-state index in [0.29, 0.717) is 50.2 Å². The molecule has 0 radical (unpaired) electrons. The van der Waals surface area contributed by atoms with Crippen molar-refractivity contribution in [2.45, 2.75) is 38.6 Å². The van der Waals surface area contributed by atoms with Gasteiger partial charge in [0.25, 0.3) is 0 Å². The Hall–Kier alpha value is -0.890. The zero-order valence-electron chi connectivity index (χ0n) is 13.2. The third-order valence-electron chi connectivity index (χ3n) is 2.77. The lowest BCUT2D eigenvalue weighted by Gasteiger charge is -2.08. The molecule has 0 atom stereocenters. The molecule has 1 aromatic heterocycles. The molecule has 0 saturated heterocycles. The van der Waals surface area contributed by atoms with Crippen LogP contribution in [0, 0.1) is 12.8 Å². The molecule has 7 heteroatoms. The van der Waals surface area contributed by atoms with Crippen molar-refractivity contribution < 1.29 is 17.6 Å². The molecule has 1 aromatic rings. The van der Waals surface area contributed by atoms with E-state index in [-0.39, 0.29) is 4.90 Å². The number of nitrogens with one attached hydrogen (secondary N) is 2. The summed E-state index contributed by atoms with van der Waals surface area (Å²) in [6.07, 6.45) is 0.645. The van der Waals surface area contributed by atoms with E-state index < -0.39 is 10.0 Å². The Morgan fingerprint density at radius 3 is 2.71 bits per heavy atom. The third-order valence-corrected chi connectivity index (χ3v) is 4.34. The summed E-state index contributed by atoms with van der Waals surface area (Å²) in [6, 6.07) is 1.56. The van der Waals surface area contributed by atoms with Crippen LogP contribution in [0.4, 0.5) is 0 Å². The van der Waals surface area contributed by atoms with Crippen LogP contribution < -0.4 is 10.0 Å². The first-order chi connectivity index (χ1) is 9.86. The van der Waals surface area contributed by atoms with Gasteiger partial charge >= 0.3 is 0 Å². The quantitative estimate of drug-likeness (QED) is 0.641. The number of sulfonamides is 1. The maximum atomic E-state index is 12.2. The van der Waals surface area contributed by atoms with Crippen molar-refractivity contribution in [3.8, 4) is 0 Å². The molecule has 0 aromatic carbocycles. The minimum atomic E-state index is -3.52. The molecule has 0 unspecified atom stereocenters. The van der Waals surface area contributed by atoms with E-state index in [1.807, 2.05) is 0 Å². The summed E-state index contributed by atoms with van der Waals surface area (Å²) in [4.78, 5) is 0.204. The molecule has 0 saturated carbocycles. The fourth-order valence-corrected chi connectivity index (χ4v) is 3.11. The maximum absolute atomic E-state index is 12.2. The van der Waals surface area contributed by atoms with Crippen LogP contribution in [0.15, 0.2) is 15.4 Å². The Kier molecular flexibility index (Phi) is 7.37. The summed E-state index contributed by atoms with van der Waals surface area (Å²) < 4.78 is 37.7. The topological polar surface area (TPSA) is 80.6 Å². The van der Waals surface area contributed by atoms with Gasteiger partial charge in [-0.2, -0.15) is 0 Å². The van der Waals surface area contributed by atoms with E-state index in [1.54, 1.807) is 20.0 Å². The monoisotopic (exact) mass is 318 g/mol. The van der Waals surface area contributed by atoms with Crippen molar-refractivity contribution in [2.24, 2.45) is 5.92 Å². The lowest BCUT2D eigenvalue weighted by Crippen LogP contribution is -2.26. The average Bonchev–Trinajstić information content (AvgIpc) is 2.75. The van der Waals surface area contributed by atoms with E-state index >= 15 is 0 Å². The highest BCUT2D eigenvalue weighted by atomic mass is 32.2. The summed E-state index contributed by atoms with van der Waals surface area (Å²) in [5, 5.41) is 2.93.